The number of nitrogens with zero attached hydrogens (tertiary/aromatic N) is 1. The smallest absolute Gasteiger partial charge is 0.340 e. The third kappa shape index (κ3) is 3.92. The van der Waals surface area contributed by atoms with E-state index in [1.165, 1.54) is 28.7 Å². The molecule has 6 heteroatoms. The fourth-order valence-electron chi connectivity index (χ4n) is 3.46. The largest absolute Gasteiger partial charge is 0.464 e. The quantitative estimate of drug-likeness (QED) is 0.422. The van der Waals surface area contributed by atoms with E-state index >= 15 is 0 Å². The van der Waals surface area contributed by atoms with E-state index < -0.39 is 11.7 Å². The van der Waals surface area contributed by atoms with Gasteiger partial charge in [0.15, 0.2) is 6.10 Å². The summed E-state index contributed by atoms with van der Waals surface area (Å²) >= 11 is 4.18. The highest BCUT2D eigenvalue weighted by atomic mass is 127. The number of ether oxygens (including phenoxy) is 2. The molecule has 0 spiro atoms. The zero-order chi connectivity index (χ0) is 19.1. The van der Waals surface area contributed by atoms with Crippen LogP contribution in [0, 0.1) is 10.5 Å². The van der Waals surface area contributed by atoms with Crippen molar-refractivity contribution in [1.29, 1.82) is 0 Å². The Hall–Kier alpha value is -0.730. The Morgan fingerprint density at radius 3 is 2.65 bits per heavy atom. The lowest BCUT2D eigenvalue weighted by atomic mass is 9.95. The number of carbonyl (C=O) groups is 1. The first-order valence-corrected chi connectivity index (χ1v) is 11.1. The van der Waals surface area contributed by atoms with E-state index in [1.54, 1.807) is 0 Å². The zero-order valence-corrected chi connectivity index (χ0v) is 19.0. The summed E-state index contributed by atoms with van der Waals surface area (Å²) in [5.74, 6) is -0.339. The van der Waals surface area contributed by atoms with Crippen molar-refractivity contribution in [2.45, 2.75) is 72.0 Å². The fourth-order valence-corrected chi connectivity index (χ4v) is 6.22. The Morgan fingerprint density at radius 2 is 2.00 bits per heavy atom. The maximum absolute atomic E-state index is 12.7. The first-order chi connectivity index (χ1) is 12.2. The Kier molecular flexibility index (Phi) is 5.94. The van der Waals surface area contributed by atoms with E-state index in [1.807, 2.05) is 46.0 Å². The van der Waals surface area contributed by atoms with Gasteiger partial charge in [-0.2, -0.15) is 0 Å². The van der Waals surface area contributed by atoms with Crippen molar-refractivity contribution in [2.24, 2.45) is 0 Å². The molecule has 3 rings (SSSR count). The third-order valence-electron chi connectivity index (χ3n) is 4.50. The summed E-state index contributed by atoms with van der Waals surface area (Å²) < 4.78 is 12.6. The summed E-state index contributed by atoms with van der Waals surface area (Å²) in [5.41, 5.74) is 2.67. The molecular weight excluding hydrogens is 461 g/mol. The van der Waals surface area contributed by atoms with Gasteiger partial charge in [0.1, 0.15) is 4.83 Å². The van der Waals surface area contributed by atoms with Crippen molar-refractivity contribution in [1.82, 2.24) is 4.98 Å². The van der Waals surface area contributed by atoms with E-state index in [4.69, 9.17) is 14.5 Å². The van der Waals surface area contributed by atoms with Gasteiger partial charge in [-0.3, -0.25) is 0 Å². The van der Waals surface area contributed by atoms with Crippen LogP contribution in [-0.2, 0) is 27.1 Å². The first kappa shape index (κ1) is 20.0. The van der Waals surface area contributed by atoms with E-state index in [-0.39, 0.29) is 5.97 Å². The second-order valence-corrected chi connectivity index (χ2v) is 9.84. The van der Waals surface area contributed by atoms with Gasteiger partial charge >= 0.3 is 5.97 Å². The lowest BCUT2D eigenvalue weighted by Gasteiger charge is -2.28. The number of aryl methyl sites for hydroxylation is 3. The molecule has 1 atom stereocenters. The molecule has 0 bridgehead atoms. The van der Waals surface area contributed by atoms with E-state index in [0.717, 1.165) is 32.5 Å². The van der Waals surface area contributed by atoms with E-state index in [2.05, 4.69) is 22.6 Å². The van der Waals surface area contributed by atoms with Crippen LogP contribution in [0.1, 0.15) is 68.3 Å². The van der Waals surface area contributed by atoms with Crippen LogP contribution in [-0.4, -0.2) is 23.2 Å². The molecule has 0 aliphatic heterocycles. The Bertz CT molecular complexity index is 838. The Morgan fingerprint density at radius 1 is 1.31 bits per heavy atom. The maximum atomic E-state index is 12.7. The number of aromatic nitrogens is 1. The number of esters is 1. The lowest BCUT2D eigenvalue weighted by molar-refractivity contribution is -0.167. The summed E-state index contributed by atoms with van der Waals surface area (Å²) in [7, 11) is 0. The van der Waals surface area contributed by atoms with Crippen LogP contribution in [0.2, 0.25) is 0 Å². The molecule has 0 saturated carbocycles. The molecule has 0 N–H and O–H groups in total. The molecule has 2 aromatic heterocycles. The molecule has 0 saturated heterocycles. The molecule has 0 amide bonds. The SMILES string of the molecule is CCOC(=O)C(OC(C)(C)C)c1c(C)nc2sc3c(c2c1I)CCCC3. The van der Waals surface area contributed by atoms with Crippen LogP contribution >= 0.6 is 33.9 Å². The van der Waals surface area contributed by atoms with E-state index in [0.29, 0.717) is 6.61 Å². The minimum atomic E-state index is -0.752. The van der Waals surface area contributed by atoms with Crippen LogP contribution in [0.3, 0.4) is 0 Å². The van der Waals surface area contributed by atoms with Crippen molar-refractivity contribution in [3.8, 4) is 0 Å². The topological polar surface area (TPSA) is 48.4 Å². The number of hydrogen-bond acceptors (Lipinski definition) is 5. The number of halogens is 1. The maximum Gasteiger partial charge on any atom is 0.340 e. The molecule has 1 aliphatic carbocycles. The molecule has 0 fully saturated rings. The van der Waals surface area contributed by atoms with Crippen molar-refractivity contribution < 1.29 is 14.3 Å². The molecule has 0 aromatic carbocycles. The highest BCUT2D eigenvalue weighted by Crippen LogP contribution is 2.42. The van der Waals surface area contributed by atoms with E-state index in [9.17, 15) is 4.79 Å². The molecule has 4 nitrogen and oxygen atoms in total. The van der Waals surface area contributed by atoms with Crippen LogP contribution < -0.4 is 0 Å². The molecular formula is C20H26INO3S. The fraction of sp³-hybridized carbons (Fsp3) is 0.600. The summed E-state index contributed by atoms with van der Waals surface area (Å²) in [6.07, 6.45) is 3.96. The second-order valence-electron chi connectivity index (χ2n) is 7.68. The molecule has 142 valence electrons. The minimum absolute atomic E-state index is 0.335. The zero-order valence-electron chi connectivity index (χ0n) is 16.1. The Labute approximate surface area is 172 Å². The number of rotatable bonds is 4. The number of pyridine rings is 1. The number of thiophene rings is 1. The predicted octanol–water partition coefficient (Wildman–Crippen LogP) is 5.51. The standard InChI is InChI=1S/C20H26INO3S/c1-6-24-19(23)17(25-20(3,4)5)14-11(2)22-18-15(16(14)21)12-9-7-8-10-13(12)26-18/h17H,6-10H2,1-5H3. The normalized spacial score (nSPS) is 15.8. The second kappa shape index (κ2) is 7.72. The summed E-state index contributed by atoms with van der Waals surface area (Å²) in [5, 5.41) is 1.22. The molecule has 0 radical (unpaired) electrons. The molecule has 1 unspecified atom stereocenters. The van der Waals surface area contributed by atoms with Gasteiger partial charge in [-0.05, 0) is 88.5 Å². The van der Waals surface area contributed by atoms with Gasteiger partial charge in [0.25, 0.3) is 0 Å². The van der Waals surface area contributed by atoms with Crippen molar-refractivity contribution >= 4 is 50.1 Å². The lowest BCUT2D eigenvalue weighted by Crippen LogP contribution is -2.30. The average molecular weight is 487 g/mol. The highest BCUT2D eigenvalue weighted by Gasteiger charge is 2.33. The summed E-state index contributed by atoms with van der Waals surface area (Å²) in [6.45, 7) is 10.00. The van der Waals surface area contributed by atoms with Crippen LogP contribution in [0.15, 0.2) is 0 Å². The minimum Gasteiger partial charge on any atom is -0.464 e. The van der Waals surface area contributed by atoms with Crippen molar-refractivity contribution in [2.75, 3.05) is 6.61 Å². The monoisotopic (exact) mass is 487 g/mol. The summed E-state index contributed by atoms with van der Waals surface area (Å²) in [4.78, 5) is 20.1. The number of hydrogen-bond donors (Lipinski definition) is 0. The molecule has 1 aliphatic rings. The van der Waals surface area contributed by atoms with Gasteiger partial charge in [0.05, 0.1) is 12.2 Å². The van der Waals surface area contributed by atoms with Gasteiger partial charge in [0, 0.05) is 25.1 Å². The van der Waals surface area contributed by atoms with Crippen molar-refractivity contribution in [3.05, 3.63) is 25.3 Å². The number of fused-ring (bicyclic) bond motifs is 3. The first-order valence-electron chi connectivity index (χ1n) is 9.17. The Balaban J connectivity index is 2.18. The molecule has 26 heavy (non-hydrogen) atoms. The van der Waals surface area contributed by atoms with Crippen molar-refractivity contribution in [3.63, 3.8) is 0 Å². The number of carbonyl (C=O) groups excluding carboxylic acids is 1. The third-order valence-corrected chi connectivity index (χ3v) is 6.81. The van der Waals surface area contributed by atoms with Gasteiger partial charge in [-0.1, -0.05) is 0 Å². The van der Waals surface area contributed by atoms with Gasteiger partial charge in [-0.15, -0.1) is 11.3 Å². The van der Waals surface area contributed by atoms with Gasteiger partial charge < -0.3 is 9.47 Å². The average Bonchev–Trinajstić information content (AvgIpc) is 2.91. The van der Waals surface area contributed by atoms with Crippen LogP contribution in [0.4, 0.5) is 0 Å². The van der Waals surface area contributed by atoms with Crippen LogP contribution in [0.5, 0.6) is 0 Å². The van der Waals surface area contributed by atoms with Gasteiger partial charge in [0.2, 0.25) is 0 Å². The molecule has 2 aromatic rings. The van der Waals surface area contributed by atoms with Gasteiger partial charge in [-0.25, -0.2) is 9.78 Å². The summed E-state index contributed by atoms with van der Waals surface area (Å²) in [6, 6.07) is 0. The highest BCUT2D eigenvalue weighted by molar-refractivity contribution is 14.1. The molecule has 2 heterocycles. The van der Waals surface area contributed by atoms with Crippen LogP contribution in [0.25, 0.3) is 10.2 Å². The predicted molar refractivity (Wildman–Crippen MR) is 114 cm³/mol.